The third kappa shape index (κ3) is 3.20. The molecule has 2 bridgehead atoms. The van der Waals surface area contributed by atoms with Crippen LogP contribution in [0.2, 0.25) is 0 Å². The predicted octanol–water partition coefficient (Wildman–Crippen LogP) is 0.134. The molecule has 0 spiro atoms. The summed E-state index contributed by atoms with van der Waals surface area (Å²) in [5.41, 5.74) is -0.0664. The Morgan fingerprint density at radius 1 is 1.36 bits per heavy atom. The molecule has 1 N–H and O–H groups in total. The van der Waals surface area contributed by atoms with Gasteiger partial charge in [0.1, 0.15) is 19.3 Å². The number of carbonyl (C=O) groups is 2. The minimum atomic E-state index is -3.50. The Balaban J connectivity index is 1.42. The Kier molecular flexibility index (Phi) is 4.67. The third-order valence-corrected chi connectivity index (χ3v) is 7.29. The molecule has 0 aromatic heterocycles. The molecule has 1 heterocycles. The molecule has 0 radical (unpaired) electrons. The van der Waals surface area contributed by atoms with E-state index in [4.69, 9.17) is 13.7 Å². The number of hydrogen-bond donors (Lipinski definition) is 1. The highest BCUT2D eigenvalue weighted by Gasteiger charge is 2.71. The van der Waals surface area contributed by atoms with Crippen molar-refractivity contribution in [2.24, 2.45) is 11.3 Å². The summed E-state index contributed by atoms with van der Waals surface area (Å²) in [6.07, 6.45) is 0.596. The topological polar surface area (TPSA) is 108 Å². The molecule has 8 nitrogen and oxygen atoms in total. The molecule has 1 amide bonds. The van der Waals surface area contributed by atoms with E-state index >= 15 is 0 Å². The molecule has 3 aliphatic rings. The largest absolute Gasteiger partial charge is 0.462 e. The highest BCUT2D eigenvalue weighted by atomic mass is 32.2. The van der Waals surface area contributed by atoms with E-state index in [1.807, 2.05) is 6.92 Å². The van der Waals surface area contributed by atoms with Crippen molar-refractivity contribution in [1.29, 1.82) is 0 Å². The molecule has 9 heteroatoms. The van der Waals surface area contributed by atoms with Crippen LogP contribution in [0.1, 0.15) is 26.7 Å². The standard InChI is InChI=1S/C16H23NO7S/c1-9(2)15(19)17-8-12(18)22-4-5-23-13-10-6-11-16(3,7-10)14(13)24-25(11,20)21/h10-11,13-14H,1,4-8H2,2-3H3,(H,17,19). The van der Waals surface area contributed by atoms with E-state index in [9.17, 15) is 18.0 Å². The summed E-state index contributed by atoms with van der Waals surface area (Å²) in [6, 6.07) is 0. The molecule has 25 heavy (non-hydrogen) atoms. The molecule has 5 atom stereocenters. The van der Waals surface area contributed by atoms with Gasteiger partial charge in [0.05, 0.1) is 18.0 Å². The smallest absolute Gasteiger partial charge is 0.325 e. The van der Waals surface area contributed by atoms with Crippen LogP contribution in [0.3, 0.4) is 0 Å². The van der Waals surface area contributed by atoms with Crippen molar-refractivity contribution in [3.8, 4) is 0 Å². The number of hydrogen-bond acceptors (Lipinski definition) is 7. The first-order valence-electron chi connectivity index (χ1n) is 8.28. The average molecular weight is 373 g/mol. The summed E-state index contributed by atoms with van der Waals surface area (Å²) >= 11 is 0. The summed E-state index contributed by atoms with van der Waals surface area (Å²) in [5.74, 6) is -0.821. The van der Waals surface area contributed by atoms with E-state index in [0.29, 0.717) is 12.0 Å². The number of rotatable bonds is 7. The predicted molar refractivity (Wildman–Crippen MR) is 86.9 cm³/mol. The van der Waals surface area contributed by atoms with Crippen LogP contribution in [-0.2, 0) is 33.4 Å². The Hall–Kier alpha value is -1.45. The Morgan fingerprint density at radius 2 is 2.08 bits per heavy atom. The lowest BCUT2D eigenvalue weighted by Crippen LogP contribution is -2.42. The number of nitrogens with one attached hydrogen (secondary N) is 1. The molecule has 1 aliphatic heterocycles. The molecule has 2 saturated carbocycles. The zero-order valence-electron chi connectivity index (χ0n) is 14.3. The monoisotopic (exact) mass is 373 g/mol. The van der Waals surface area contributed by atoms with Crippen molar-refractivity contribution in [3.05, 3.63) is 12.2 Å². The first kappa shape index (κ1) is 18.3. The van der Waals surface area contributed by atoms with Gasteiger partial charge in [-0.25, -0.2) is 0 Å². The van der Waals surface area contributed by atoms with Gasteiger partial charge in [-0.1, -0.05) is 13.5 Å². The van der Waals surface area contributed by atoms with Crippen molar-refractivity contribution in [2.75, 3.05) is 19.8 Å². The minimum absolute atomic E-state index is 0.0323. The van der Waals surface area contributed by atoms with Gasteiger partial charge >= 0.3 is 5.97 Å². The number of fused-ring (bicyclic) bond motifs is 1. The van der Waals surface area contributed by atoms with Gasteiger partial charge in [-0.05, 0) is 25.7 Å². The van der Waals surface area contributed by atoms with Crippen LogP contribution in [0.4, 0.5) is 0 Å². The fourth-order valence-corrected chi connectivity index (χ4v) is 6.36. The van der Waals surface area contributed by atoms with E-state index in [0.717, 1.165) is 6.42 Å². The van der Waals surface area contributed by atoms with Crippen molar-refractivity contribution < 1.29 is 31.7 Å². The fourth-order valence-electron chi connectivity index (χ4n) is 4.24. The van der Waals surface area contributed by atoms with E-state index < -0.39 is 33.3 Å². The first-order valence-corrected chi connectivity index (χ1v) is 9.75. The summed E-state index contributed by atoms with van der Waals surface area (Å²) in [4.78, 5) is 22.8. The van der Waals surface area contributed by atoms with Crippen LogP contribution in [0, 0.1) is 11.3 Å². The fraction of sp³-hybridized carbons (Fsp3) is 0.750. The Bertz CT molecular complexity index is 703. The number of esters is 1. The SMILES string of the molecule is C=C(C)C(=O)NCC(=O)OCCOC1C2CC3C(C)(C2)C1OS3(=O)=O. The van der Waals surface area contributed by atoms with E-state index in [1.54, 1.807) is 6.92 Å². The van der Waals surface area contributed by atoms with Gasteiger partial charge in [-0.3, -0.25) is 13.8 Å². The lowest BCUT2D eigenvalue weighted by atomic mass is 9.82. The van der Waals surface area contributed by atoms with Gasteiger partial charge in [0.2, 0.25) is 5.91 Å². The van der Waals surface area contributed by atoms with Gasteiger partial charge in [-0.15, -0.1) is 0 Å². The molecule has 1 saturated heterocycles. The summed E-state index contributed by atoms with van der Waals surface area (Å²) < 4.78 is 40.1. The van der Waals surface area contributed by atoms with Crippen molar-refractivity contribution in [2.45, 2.75) is 44.1 Å². The van der Waals surface area contributed by atoms with E-state index in [2.05, 4.69) is 11.9 Å². The van der Waals surface area contributed by atoms with Gasteiger partial charge in [-0.2, -0.15) is 8.42 Å². The third-order valence-electron chi connectivity index (χ3n) is 5.39. The maximum Gasteiger partial charge on any atom is 0.325 e. The highest BCUT2D eigenvalue weighted by Crippen LogP contribution is 2.62. The summed E-state index contributed by atoms with van der Waals surface area (Å²) in [6.45, 7) is 6.91. The van der Waals surface area contributed by atoms with Gasteiger partial charge in [0.25, 0.3) is 10.1 Å². The van der Waals surface area contributed by atoms with Gasteiger partial charge in [0.15, 0.2) is 0 Å². The molecule has 2 aliphatic carbocycles. The van der Waals surface area contributed by atoms with Crippen LogP contribution >= 0.6 is 0 Å². The summed E-state index contributed by atoms with van der Waals surface area (Å²) in [7, 11) is -3.50. The van der Waals surface area contributed by atoms with E-state index in [-0.39, 0.29) is 37.2 Å². The highest BCUT2D eigenvalue weighted by molar-refractivity contribution is 7.87. The van der Waals surface area contributed by atoms with Gasteiger partial charge < -0.3 is 14.8 Å². The average Bonchev–Trinajstić information content (AvgIpc) is 3.03. The van der Waals surface area contributed by atoms with Crippen molar-refractivity contribution in [3.63, 3.8) is 0 Å². The Morgan fingerprint density at radius 3 is 2.76 bits per heavy atom. The van der Waals surface area contributed by atoms with Crippen LogP contribution in [-0.4, -0.2) is 57.5 Å². The lowest BCUT2D eigenvalue weighted by molar-refractivity contribution is -0.147. The van der Waals surface area contributed by atoms with Crippen LogP contribution < -0.4 is 5.32 Å². The molecule has 3 rings (SSSR count). The molecule has 5 unspecified atom stereocenters. The normalized spacial score (nSPS) is 37.0. The quantitative estimate of drug-likeness (QED) is 0.292. The zero-order valence-corrected chi connectivity index (χ0v) is 15.1. The minimum Gasteiger partial charge on any atom is -0.462 e. The second-order valence-electron chi connectivity index (χ2n) is 7.22. The molecule has 3 fully saturated rings. The first-order chi connectivity index (χ1) is 11.6. The maximum absolute atomic E-state index is 12.0. The number of ether oxygens (including phenoxy) is 2. The van der Waals surface area contributed by atoms with E-state index in [1.165, 1.54) is 0 Å². The van der Waals surface area contributed by atoms with Crippen molar-refractivity contribution >= 4 is 22.0 Å². The second-order valence-corrected chi connectivity index (χ2v) is 8.97. The molecule has 140 valence electrons. The molecule has 0 aromatic carbocycles. The van der Waals surface area contributed by atoms with Crippen LogP contribution in [0.25, 0.3) is 0 Å². The molecular weight excluding hydrogens is 350 g/mol. The van der Waals surface area contributed by atoms with Crippen molar-refractivity contribution in [1.82, 2.24) is 5.32 Å². The number of amides is 1. The number of carbonyl (C=O) groups excluding carboxylic acids is 2. The molecular formula is C16H23NO7S. The van der Waals surface area contributed by atoms with Gasteiger partial charge in [0, 0.05) is 11.0 Å². The second kappa shape index (κ2) is 6.37. The summed E-state index contributed by atoms with van der Waals surface area (Å²) in [5, 5.41) is 1.95. The maximum atomic E-state index is 12.0. The Labute approximate surface area is 147 Å². The van der Waals surface area contributed by atoms with Crippen LogP contribution in [0.5, 0.6) is 0 Å². The molecule has 0 aromatic rings. The lowest BCUT2D eigenvalue weighted by Gasteiger charge is -2.30. The van der Waals surface area contributed by atoms with Crippen LogP contribution in [0.15, 0.2) is 12.2 Å². The zero-order chi connectivity index (χ0) is 18.4.